The molecule has 0 N–H and O–H groups in total. The van der Waals surface area contributed by atoms with Gasteiger partial charge in [0, 0.05) is 0 Å². The lowest BCUT2D eigenvalue weighted by Crippen LogP contribution is -2.01. The van der Waals surface area contributed by atoms with Gasteiger partial charge in [-0.05, 0) is 51.3 Å². The first-order valence-corrected chi connectivity index (χ1v) is 8.69. The number of allylic oxidation sites excluding steroid dienone is 1. The van der Waals surface area contributed by atoms with E-state index in [1.165, 1.54) is 20.3 Å². The number of hydrogen-bond acceptors (Lipinski definition) is 4. The molecule has 0 radical (unpaired) electrons. The second-order valence-corrected chi connectivity index (χ2v) is 6.48. The van der Waals surface area contributed by atoms with Crippen LogP contribution in [0.15, 0.2) is 34.8 Å². The van der Waals surface area contributed by atoms with Crippen molar-refractivity contribution in [1.82, 2.24) is 0 Å². The Morgan fingerprint density at radius 1 is 1.08 bits per heavy atom. The predicted octanol–water partition coefficient (Wildman–Crippen LogP) is 5.56. The smallest absolute Gasteiger partial charge is 0.205 e. The van der Waals surface area contributed by atoms with Gasteiger partial charge >= 0.3 is 0 Å². The van der Waals surface area contributed by atoms with E-state index < -0.39 is 0 Å². The lowest BCUT2D eigenvalue weighted by Gasteiger charge is -2.17. The van der Waals surface area contributed by atoms with E-state index in [1.807, 2.05) is 6.07 Å². The zero-order valence-electron chi connectivity index (χ0n) is 13.5. The molecular weight excluding hydrogens is 431 g/mol. The van der Waals surface area contributed by atoms with E-state index in [1.54, 1.807) is 24.3 Å². The molecule has 0 aliphatic carbocycles. The Morgan fingerprint density at radius 2 is 1.84 bits per heavy atom. The molecule has 7 heteroatoms. The summed E-state index contributed by atoms with van der Waals surface area (Å²) < 4.78 is 17.4. The minimum absolute atomic E-state index is 0.250. The fourth-order valence-electron chi connectivity index (χ4n) is 2.13. The number of halogens is 3. The molecule has 4 nitrogen and oxygen atoms in total. The Kier molecular flexibility index (Phi) is 7.17. The molecule has 2 rings (SSSR count). The van der Waals surface area contributed by atoms with Crippen molar-refractivity contribution in [2.24, 2.45) is 0 Å². The van der Waals surface area contributed by atoms with Gasteiger partial charge in [0.1, 0.15) is 12.9 Å². The summed E-state index contributed by atoms with van der Waals surface area (Å²) in [6, 6.07) is 7.01. The number of aldehydes is 1. The summed E-state index contributed by atoms with van der Waals surface area (Å²) in [5.41, 5.74) is 1.57. The Morgan fingerprint density at radius 3 is 2.44 bits per heavy atom. The molecule has 25 heavy (non-hydrogen) atoms. The van der Waals surface area contributed by atoms with Crippen LogP contribution in [-0.4, -0.2) is 20.5 Å². The maximum Gasteiger partial charge on any atom is 0.205 e. The van der Waals surface area contributed by atoms with E-state index in [-0.39, 0.29) is 6.61 Å². The quantitative estimate of drug-likeness (QED) is 0.413. The Hall–Kier alpha value is -1.69. The first-order valence-electron chi connectivity index (χ1n) is 7.14. The van der Waals surface area contributed by atoms with Crippen LogP contribution in [0.5, 0.6) is 17.2 Å². The number of methoxy groups -OCH3 is 2. The molecule has 0 unspecified atom stereocenters. The third kappa shape index (κ3) is 4.69. The van der Waals surface area contributed by atoms with Crippen molar-refractivity contribution in [3.63, 3.8) is 0 Å². The first-order chi connectivity index (χ1) is 12.0. The van der Waals surface area contributed by atoms with Crippen LogP contribution in [0.2, 0.25) is 10.0 Å². The fourth-order valence-corrected chi connectivity index (χ4v) is 3.04. The van der Waals surface area contributed by atoms with Gasteiger partial charge in [-0.25, -0.2) is 0 Å². The molecule has 0 atom stereocenters. The summed E-state index contributed by atoms with van der Waals surface area (Å²) in [5, 5.41) is 0.937. The molecule has 0 aromatic heterocycles. The van der Waals surface area contributed by atoms with Gasteiger partial charge in [-0.2, -0.15) is 0 Å². The van der Waals surface area contributed by atoms with Crippen molar-refractivity contribution in [2.45, 2.75) is 6.61 Å². The van der Waals surface area contributed by atoms with Gasteiger partial charge in [0.15, 0.2) is 11.5 Å². The summed E-state index contributed by atoms with van der Waals surface area (Å²) >= 11 is 15.4. The van der Waals surface area contributed by atoms with Gasteiger partial charge in [-0.3, -0.25) is 4.79 Å². The molecule has 0 aliphatic heterocycles. The minimum Gasteiger partial charge on any atom is -0.493 e. The average molecular weight is 446 g/mol. The van der Waals surface area contributed by atoms with E-state index >= 15 is 0 Å². The molecule has 0 heterocycles. The summed E-state index contributed by atoms with van der Waals surface area (Å²) in [4.78, 5) is 10.6. The second-order valence-electron chi connectivity index (χ2n) is 4.88. The number of benzene rings is 2. The molecule has 0 amide bonds. The van der Waals surface area contributed by atoms with Crippen LogP contribution in [0, 0.1) is 0 Å². The van der Waals surface area contributed by atoms with Crippen molar-refractivity contribution in [3.8, 4) is 17.2 Å². The SMILES string of the molecule is COc1cc(C=CC=O)c(Br)c(OC)c1OCc1ccc(Cl)c(Cl)c1. The zero-order chi connectivity index (χ0) is 18.4. The van der Waals surface area contributed by atoms with Crippen LogP contribution in [0.25, 0.3) is 6.08 Å². The van der Waals surface area contributed by atoms with E-state index in [0.717, 1.165) is 11.1 Å². The van der Waals surface area contributed by atoms with Gasteiger partial charge < -0.3 is 14.2 Å². The maximum absolute atomic E-state index is 10.6. The largest absolute Gasteiger partial charge is 0.493 e. The fraction of sp³-hybridized carbons (Fsp3) is 0.167. The van der Waals surface area contributed by atoms with Gasteiger partial charge in [0.25, 0.3) is 0 Å². The lowest BCUT2D eigenvalue weighted by atomic mass is 10.1. The summed E-state index contributed by atoms with van der Waals surface area (Å²) in [6.07, 6.45) is 3.72. The van der Waals surface area contributed by atoms with Gasteiger partial charge in [0.05, 0.1) is 28.7 Å². The van der Waals surface area contributed by atoms with E-state index in [9.17, 15) is 4.79 Å². The van der Waals surface area contributed by atoms with Crippen molar-refractivity contribution in [3.05, 3.63) is 56.0 Å². The van der Waals surface area contributed by atoms with Gasteiger partial charge in [-0.1, -0.05) is 35.3 Å². The monoisotopic (exact) mass is 444 g/mol. The lowest BCUT2D eigenvalue weighted by molar-refractivity contribution is -0.104. The van der Waals surface area contributed by atoms with Crippen molar-refractivity contribution in [1.29, 1.82) is 0 Å². The number of ether oxygens (including phenoxy) is 3. The van der Waals surface area contributed by atoms with Crippen LogP contribution < -0.4 is 14.2 Å². The van der Waals surface area contributed by atoms with E-state index in [4.69, 9.17) is 37.4 Å². The number of rotatable bonds is 7. The Balaban J connectivity index is 2.38. The van der Waals surface area contributed by atoms with E-state index in [2.05, 4.69) is 15.9 Å². The van der Waals surface area contributed by atoms with Gasteiger partial charge in [0.2, 0.25) is 5.75 Å². The molecule has 0 aliphatic rings. The minimum atomic E-state index is 0.250. The standard InChI is InChI=1S/C18H15BrCl2O4/c1-23-15-9-12(4-3-7-22)16(19)18(24-2)17(15)25-10-11-5-6-13(20)14(21)8-11/h3-9H,10H2,1-2H3. The van der Waals surface area contributed by atoms with Gasteiger partial charge in [-0.15, -0.1) is 0 Å². The van der Waals surface area contributed by atoms with Crippen molar-refractivity contribution >= 4 is 51.5 Å². The van der Waals surface area contributed by atoms with E-state index in [0.29, 0.717) is 38.1 Å². The highest BCUT2D eigenvalue weighted by molar-refractivity contribution is 9.10. The highest BCUT2D eigenvalue weighted by atomic mass is 79.9. The first kappa shape index (κ1) is 19.6. The molecule has 0 spiro atoms. The number of carbonyl (C=O) groups excluding carboxylic acids is 1. The molecular formula is C18H15BrCl2O4. The molecule has 0 fully saturated rings. The molecule has 0 saturated carbocycles. The molecule has 0 bridgehead atoms. The van der Waals surface area contributed by atoms with Crippen LogP contribution >= 0.6 is 39.1 Å². The van der Waals surface area contributed by atoms with Crippen LogP contribution in [-0.2, 0) is 11.4 Å². The predicted molar refractivity (Wildman–Crippen MR) is 103 cm³/mol. The molecule has 2 aromatic rings. The summed E-state index contributed by atoms with van der Waals surface area (Å²) in [5.74, 6) is 1.38. The number of carbonyl (C=O) groups is 1. The van der Waals surface area contributed by atoms with Crippen LogP contribution in [0.4, 0.5) is 0 Å². The zero-order valence-corrected chi connectivity index (χ0v) is 16.6. The van der Waals surface area contributed by atoms with Crippen LogP contribution in [0.3, 0.4) is 0 Å². The highest BCUT2D eigenvalue weighted by Gasteiger charge is 2.19. The molecule has 2 aromatic carbocycles. The average Bonchev–Trinajstić information content (AvgIpc) is 2.61. The second kappa shape index (κ2) is 9.13. The van der Waals surface area contributed by atoms with Crippen LogP contribution in [0.1, 0.15) is 11.1 Å². The summed E-state index contributed by atoms with van der Waals surface area (Å²) in [6.45, 7) is 0.250. The van der Waals surface area contributed by atoms with Crippen molar-refractivity contribution < 1.29 is 19.0 Å². The maximum atomic E-state index is 10.6. The third-order valence-electron chi connectivity index (χ3n) is 3.31. The topological polar surface area (TPSA) is 44.8 Å². The van der Waals surface area contributed by atoms with Crippen molar-refractivity contribution in [2.75, 3.05) is 14.2 Å². The summed E-state index contributed by atoms with van der Waals surface area (Å²) in [7, 11) is 3.06. The normalized spacial score (nSPS) is 10.8. The number of hydrogen-bond donors (Lipinski definition) is 0. The Labute approximate surface area is 164 Å². The highest BCUT2D eigenvalue weighted by Crippen LogP contribution is 2.45. The Bertz CT molecular complexity index is 806. The third-order valence-corrected chi connectivity index (χ3v) is 4.87. The molecule has 132 valence electrons. The molecule has 0 saturated heterocycles.